The lowest BCUT2D eigenvalue weighted by atomic mass is 9.85. The lowest BCUT2D eigenvalue weighted by molar-refractivity contribution is -0.122. The van der Waals surface area contributed by atoms with Gasteiger partial charge in [0, 0.05) is 5.69 Å². The van der Waals surface area contributed by atoms with Crippen LogP contribution < -0.4 is 10.2 Å². The lowest BCUT2D eigenvalue weighted by Gasteiger charge is -2.15. The summed E-state index contributed by atoms with van der Waals surface area (Å²) in [6, 6.07) is 13.3. The minimum absolute atomic E-state index is 0.206. The number of carbonyl (C=O) groups is 4. The SMILES string of the molecule is Cc1cccc(NC(=O)COC(=O)c2ccc(N3C(=O)[C@H]4CC=CC[C@H]4C3=O)cc2)c1. The molecule has 3 amide bonds. The van der Waals surface area contributed by atoms with Gasteiger partial charge in [-0.25, -0.2) is 4.79 Å². The largest absolute Gasteiger partial charge is 0.452 e. The first-order chi connectivity index (χ1) is 14.9. The van der Waals surface area contributed by atoms with E-state index in [-0.39, 0.29) is 29.2 Å². The van der Waals surface area contributed by atoms with Crippen molar-refractivity contribution in [2.75, 3.05) is 16.8 Å². The van der Waals surface area contributed by atoms with Crippen LogP contribution in [-0.2, 0) is 19.1 Å². The fourth-order valence-electron chi connectivity index (χ4n) is 3.94. The number of nitrogens with one attached hydrogen (secondary N) is 1. The molecule has 2 aliphatic rings. The van der Waals surface area contributed by atoms with Gasteiger partial charge < -0.3 is 10.1 Å². The van der Waals surface area contributed by atoms with Gasteiger partial charge in [-0.05, 0) is 61.7 Å². The minimum atomic E-state index is -0.664. The number of fused-ring (bicyclic) bond motifs is 1. The highest BCUT2D eigenvalue weighted by atomic mass is 16.5. The third kappa shape index (κ3) is 4.26. The Labute approximate surface area is 179 Å². The Kier molecular flexibility index (Phi) is 5.66. The zero-order valence-corrected chi connectivity index (χ0v) is 17.0. The number of amides is 3. The second kappa shape index (κ2) is 8.55. The van der Waals surface area contributed by atoms with Crippen molar-refractivity contribution in [2.24, 2.45) is 11.8 Å². The molecule has 1 aliphatic carbocycles. The number of anilines is 2. The topological polar surface area (TPSA) is 92.8 Å². The Balaban J connectivity index is 1.36. The molecule has 2 atom stereocenters. The molecule has 1 N–H and O–H groups in total. The first-order valence-corrected chi connectivity index (χ1v) is 10.1. The second-order valence-electron chi connectivity index (χ2n) is 7.71. The average Bonchev–Trinajstić information content (AvgIpc) is 3.02. The molecule has 0 aromatic heterocycles. The standard InChI is InChI=1S/C24H22N2O5/c1-15-5-4-6-17(13-15)25-21(27)14-31-24(30)16-9-11-18(12-10-16)26-22(28)19-7-2-3-8-20(19)23(26)29/h2-6,9-13,19-20H,7-8,14H2,1H3,(H,25,27)/t19-,20+. The van der Waals surface area contributed by atoms with Crippen LogP contribution in [0, 0.1) is 18.8 Å². The average molecular weight is 418 g/mol. The van der Waals surface area contributed by atoms with Crippen LogP contribution in [0.4, 0.5) is 11.4 Å². The van der Waals surface area contributed by atoms with Crippen molar-refractivity contribution in [2.45, 2.75) is 19.8 Å². The number of hydrogen-bond acceptors (Lipinski definition) is 5. The number of rotatable bonds is 5. The van der Waals surface area contributed by atoms with Crippen molar-refractivity contribution >= 4 is 35.1 Å². The number of aryl methyl sites for hydroxylation is 1. The molecule has 1 saturated heterocycles. The molecule has 0 spiro atoms. The molecular formula is C24H22N2O5. The van der Waals surface area contributed by atoms with E-state index in [1.807, 2.05) is 37.3 Å². The van der Waals surface area contributed by atoms with Crippen LogP contribution in [-0.4, -0.2) is 30.3 Å². The van der Waals surface area contributed by atoms with Crippen molar-refractivity contribution in [3.05, 3.63) is 71.8 Å². The van der Waals surface area contributed by atoms with E-state index < -0.39 is 18.5 Å². The van der Waals surface area contributed by atoms with Crippen LogP contribution in [0.5, 0.6) is 0 Å². The summed E-state index contributed by atoms with van der Waals surface area (Å²) in [6.07, 6.45) is 5.01. The summed E-state index contributed by atoms with van der Waals surface area (Å²) in [6.45, 7) is 1.49. The van der Waals surface area contributed by atoms with Gasteiger partial charge in [0.2, 0.25) is 11.8 Å². The Bertz CT molecular complexity index is 1050. The molecule has 31 heavy (non-hydrogen) atoms. The zero-order chi connectivity index (χ0) is 22.0. The predicted molar refractivity (Wildman–Crippen MR) is 114 cm³/mol. The molecule has 0 radical (unpaired) electrons. The van der Waals surface area contributed by atoms with Gasteiger partial charge in [0.15, 0.2) is 6.61 Å². The van der Waals surface area contributed by atoms with Gasteiger partial charge in [-0.15, -0.1) is 0 Å². The Morgan fingerprint density at radius 2 is 1.65 bits per heavy atom. The van der Waals surface area contributed by atoms with Crippen molar-refractivity contribution in [3.63, 3.8) is 0 Å². The molecule has 1 aliphatic heterocycles. The van der Waals surface area contributed by atoms with Crippen molar-refractivity contribution in [1.29, 1.82) is 0 Å². The fourth-order valence-corrected chi connectivity index (χ4v) is 3.94. The van der Waals surface area contributed by atoms with E-state index in [9.17, 15) is 19.2 Å². The van der Waals surface area contributed by atoms with Crippen molar-refractivity contribution < 1.29 is 23.9 Å². The molecule has 0 bridgehead atoms. The molecule has 0 unspecified atom stereocenters. The predicted octanol–water partition coefficient (Wildman–Crippen LogP) is 3.25. The first-order valence-electron chi connectivity index (χ1n) is 10.1. The highest BCUT2D eigenvalue weighted by Crippen LogP contribution is 2.37. The summed E-state index contributed by atoms with van der Waals surface area (Å²) in [5.41, 5.74) is 2.28. The Hall–Kier alpha value is -3.74. The van der Waals surface area contributed by atoms with Crippen LogP contribution in [0.25, 0.3) is 0 Å². The molecule has 4 rings (SSSR count). The molecule has 2 aromatic rings. The van der Waals surface area contributed by atoms with E-state index in [4.69, 9.17) is 4.74 Å². The number of allylic oxidation sites excluding steroid dienone is 2. The van der Waals surface area contributed by atoms with Gasteiger partial charge in [-0.3, -0.25) is 19.3 Å². The summed E-state index contributed by atoms with van der Waals surface area (Å²) >= 11 is 0. The molecule has 1 fully saturated rings. The Morgan fingerprint density at radius 1 is 1.00 bits per heavy atom. The number of esters is 1. The van der Waals surface area contributed by atoms with Gasteiger partial charge in [-0.2, -0.15) is 0 Å². The molecule has 0 saturated carbocycles. The molecule has 1 heterocycles. The smallest absolute Gasteiger partial charge is 0.338 e. The first kappa shape index (κ1) is 20.5. The van der Waals surface area contributed by atoms with Crippen LogP contribution >= 0.6 is 0 Å². The van der Waals surface area contributed by atoms with E-state index in [1.165, 1.54) is 17.0 Å². The zero-order valence-electron chi connectivity index (χ0n) is 17.0. The highest BCUT2D eigenvalue weighted by Gasteiger charge is 2.47. The van der Waals surface area contributed by atoms with Gasteiger partial charge in [0.25, 0.3) is 5.91 Å². The van der Waals surface area contributed by atoms with Crippen LogP contribution in [0.1, 0.15) is 28.8 Å². The van der Waals surface area contributed by atoms with E-state index in [2.05, 4.69) is 5.32 Å². The van der Waals surface area contributed by atoms with Crippen molar-refractivity contribution in [1.82, 2.24) is 0 Å². The van der Waals surface area contributed by atoms with E-state index in [0.29, 0.717) is 24.2 Å². The summed E-state index contributed by atoms with van der Waals surface area (Å²) in [5, 5.41) is 2.67. The minimum Gasteiger partial charge on any atom is -0.452 e. The summed E-state index contributed by atoms with van der Waals surface area (Å²) in [4.78, 5) is 50.8. The van der Waals surface area contributed by atoms with Crippen LogP contribution in [0.3, 0.4) is 0 Å². The summed E-state index contributed by atoms with van der Waals surface area (Å²) < 4.78 is 5.07. The lowest BCUT2D eigenvalue weighted by Crippen LogP contribution is -2.30. The highest BCUT2D eigenvalue weighted by molar-refractivity contribution is 6.22. The van der Waals surface area contributed by atoms with E-state index >= 15 is 0 Å². The van der Waals surface area contributed by atoms with E-state index in [0.717, 1.165) is 5.56 Å². The number of benzene rings is 2. The number of carbonyl (C=O) groups excluding carboxylic acids is 4. The molecule has 7 heteroatoms. The van der Waals surface area contributed by atoms with Gasteiger partial charge >= 0.3 is 5.97 Å². The number of ether oxygens (including phenoxy) is 1. The maximum atomic E-state index is 12.7. The normalized spacial score (nSPS) is 19.8. The second-order valence-corrected chi connectivity index (χ2v) is 7.71. The van der Waals surface area contributed by atoms with Crippen LogP contribution in [0.15, 0.2) is 60.7 Å². The third-order valence-corrected chi connectivity index (χ3v) is 5.50. The molecule has 7 nitrogen and oxygen atoms in total. The maximum absolute atomic E-state index is 12.7. The van der Waals surface area contributed by atoms with E-state index in [1.54, 1.807) is 18.2 Å². The number of nitrogens with zero attached hydrogens (tertiary/aromatic N) is 1. The summed E-state index contributed by atoms with van der Waals surface area (Å²) in [7, 11) is 0. The monoisotopic (exact) mass is 418 g/mol. The van der Waals surface area contributed by atoms with Crippen LogP contribution in [0.2, 0.25) is 0 Å². The summed E-state index contributed by atoms with van der Waals surface area (Å²) in [5.74, 6) is -2.14. The number of hydrogen-bond donors (Lipinski definition) is 1. The van der Waals surface area contributed by atoms with Gasteiger partial charge in [-0.1, -0.05) is 24.3 Å². The fraction of sp³-hybridized carbons (Fsp3) is 0.250. The molecular weight excluding hydrogens is 396 g/mol. The molecule has 2 aromatic carbocycles. The number of imide groups is 1. The maximum Gasteiger partial charge on any atom is 0.338 e. The van der Waals surface area contributed by atoms with Gasteiger partial charge in [0.1, 0.15) is 0 Å². The molecule has 158 valence electrons. The quantitative estimate of drug-likeness (QED) is 0.457. The van der Waals surface area contributed by atoms with Gasteiger partial charge in [0.05, 0.1) is 23.1 Å². The third-order valence-electron chi connectivity index (χ3n) is 5.50. The van der Waals surface area contributed by atoms with Crippen molar-refractivity contribution in [3.8, 4) is 0 Å². The Morgan fingerprint density at radius 3 is 2.26 bits per heavy atom.